The van der Waals surface area contributed by atoms with Crippen LogP contribution >= 0.6 is 46.6 Å². The summed E-state index contributed by atoms with van der Waals surface area (Å²) in [5, 5.41) is 4.06. The van der Waals surface area contributed by atoms with Crippen LogP contribution in [-0.4, -0.2) is 22.1 Å². The number of halogens is 3. The molecule has 1 aromatic heterocycles. The van der Waals surface area contributed by atoms with E-state index in [1.165, 1.54) is 18.0 Å². The first-order valence-corrected chi connectivity index (χ1v) is 7.70. The van der Waals surface area contributed by atoms with Crippen molar-refractivity contribution in [2.24, 2.45) is 0 Å². The maximum atomic E-state index is 12.1. The molecule has 0 saturated heterocycles. The van der Waals surface area contributed by atoms with Crippen molar-refractivity contribution in [3.05, 3.63) is 45.2 Å². The maximum Gasteiger partial charge on any atom is 0.275 e. The molecule has 0 bridgehead atoms. The molecule has 20 heavy (non-hydrogen) atoms. The van der Waals surface area contributed by atoms with Gasteiger partial charge in [-0.15, -0.1) is 0 Å². The minimum atomic E-state index is -0.439. The van der Waals surface area contributed by atoms with Crippen molar-refractivity contribution < 1.29 is 4.79 Å². The van der Waals surface area contributed by atoms with E-state index in [0.717, 1.165) is 0 Å². The molecular formula is C12H8Cl3N3OS. The van der Waals surface area contributed by atoms with E-state index in [1.54, 1.807) is 18.2 Å². The fourth-order valence-corrected chi connectivity index (χ4v) is 2.19. The topological polar surface area (TPSA) is 54.9 Å². The number of amides is 1. The number of rotatable bonds is 3. The summed E-state index contributed by atoms with van der Waals surface area (Å²) in [6.45, 7) is 0. The second kappa shape index (κ2) is 6.63. The minimum absolute atomic E-state index is 0.108. The van der Waals surface area contributed by atoms with Crippen LogP contribution < -0.4 is 5.32 Å². The number of nitrogens with one attached hydrogen (secondary N) is 1. The Kier molecular flexibility index (Phi) is 5.10. The molecule has 2 aromatic rings. The predicted octanol–water partition coefficient (Wildman–Crippen LogP) is 4.41. The molecule has 8 heteroatoms. The lowest BCUT2D eigenvalue weighted by Gasteiger charge is -2.07. The third-order valence-electron chi connectivity index (χ3n) is 2.30. The summed E-state index contributed by atoms with van der Waals surface area (Å²) in [6.07, 6.45) is 3.20. The Balaban J connectivity index is 2.25. The smallest absolute Gasteiger partial charge is 0.275 e. The molecule has 0 aliphatic heterocycles. The summed E-state index contributed by atoms with van der Waals surface area (Å²) in [6, 6.07) is 4.78. The van der Waals surface area contributed by atoms with Gasteiger partial charge in [-0.25, -0.2) is 9.97 Å². The number of hydrogen-bond acceptors (Lipinski definition) is 4. The Labute approximate surface area is 134 Å². The SMILES string of the molecule is CSc1ncc(Cl)c(C(=O)Nc2ccc(Cl)c(Cl)c2)n1. The van der Waals surface area contributed by atoms with E-state index in [2.05, 4.69) is 15.3 Å². The normalized spacial score (nSPS) is 10.4. The summed E-state index contributed by atoms with van der Waals surface area (Å²) in [7, 11) is 0. The average Bonchev–Trinajstić information content (AvgIpc) is 2.43. The van der Waals surface area contributed by atoms with Crippen LogP contribution in [0, 0.1) is 0 Å². The highest BCUT2D eigenvalue weighted by atomic mass is 35.5. The molecule has 2 rings (SSSR count). The van der Waals surface area contributed by atoms with Crippen LogP contribution in [0.3, 0.4) is 0 Å². The fraction of sp³-hybridized carbons (Fsp3) is 0.0833. The summed E-state index contributed by atoms with van der Waals surface area (Å²) in [5.41, 5.74) is 0.613. The number of nitrogens with zero attached hydrogens (tertiary/aromatic N) is 2. The van der Waals surface area contributed by atoms with Crippen LogP contribution in [0.15, 0.2) is 29.6 Å². The Hall–Kier alpha value is -1.01. The first-order chi connectivity index (χ1) is 9.51. The number of thioether (sulfide) groups is 1. The van der Waals surface area contributed by atoms with Crippen molar-refractivity contribution >= 4 is 58.2 Å². The van der Waals surface area contributed by atoms with Gasteiger partial charge in [0.25, 0.3) is 5.91 Å². The quantitative estimate of drug-likeness (QED) is 0.659. The minimum Gasteiger partial charge on any atom is -0.321 e. The molecule has 0 spiro atoms. The maximum absolute atomic E-state index is 12.1. The van der Waals surface area contributed by atoms with Crippen LogP contribution in [0.4, 0.5) is 5.69 Å². The number of benzene rings is 1. The van der Waals surface area contributed by atoms with Gasteiger partial charge in [-0.1, -0.05) is 46.6 Å². The molecule has 104 valence electrons. The van der Waals surface area contributed by atoms with Crippen LogP contribution in [0.2, 0.25) is 15.1 Å². The number of hydrogen-bond donors (Lipinski definition) is 1. The van der Waals surface area contributed by atoms with Gasteiger partial charge in [0.15, 0.2) is 10.9 Å². The molecule has 0 aliphatic rings. The number of carbonyl (C=O) groups is 1. The van der Waals surface area contributed by atoms with Gasteiger partial charge in [0.1, 0.15) is 0 Å². The zero-order chi connectivity index (χ0) is 14.7. The summed E-state index contributed by atoms with van der Waals surface area (Å²) < 4.78 is 0. The monoisotopic (exact) mass is 347 g/mol. The average molecular weight is 349 g/mol. The van der Waals surface area contributed by atoms with E-state index in [-0.39, 0.29) is 10.7 Å². The van der Waals surface area contributed by atoms with Gasteiger partial charge in [-0.3, -0.25) is 4.79 Å². The predicted molar refractivity (Wildman–Crippen MR) is 83.2 cm³/mol. The standard InChI is InChI=1S/C12H8Cl3N3OS/c1-20-12-16-5-9(15)10(18-12)11(19)17-6-2-3-7(13)8(14)4-6/h2-5H,1H3,(H,17,19). The third kappa shape index (κ3) is 3.55. The fourth-order valence-electron chi connectivity index (χ4n) is 1.37. The molecule has 1 amide bonds. The Bertz CT molecular complexity index is 666. The zero-order valence-electron chi connectivity index (χ0n) is 10.2. The molecule has 0 radical (unpaired) electrons. The van der Waals surface area contributed by atoms with Gasteiger partial charge < -0.3 is 5.32 Å². The largest absolute Gasteiger partial charge is 0.321 e. The summed E-state index contributed by atoms with van der Waals surface area (Å²) in [5.74, 6) is -0.439. The van der Waals surface area contributed by atoms with Crippen molar-refractivity contribution in [3.8, 4) is 0 Å². The van der Waals surface area contributed by atoms with E-state index < -0.39 is 5.91 Å². The second-order valence-electron chi connectivity index (χ2n) is 3.64. The molecule has 0 aliphatic carbocycles. The van der Waals surface area contributed by atoms with E-state index in [0.29, 0.717) is 20.9 Å². The van der Waals surface area contributed by atoms with Crippen LogP contribution in [0.5, 0.6) is 0 Å². The molecule has 4 nitrogen and oxygen atoms in total. The molecule has 0 atom stereocenters. The van der Waals surface area contributed by atoms with E-state index in [4.69, 9.17) is 34.8 Å². The first-order valence-electron chi connectivity index (χ1n) is 5.34. The Morgan fingerprint density at radius 3 is 2.60 bits per heavy atom. The van der Waals surface area contributed by atoms with Gasteiger partial charge in [-0.05, 0) is 24.5 Å². The van der Waals surface area contributed by atoms with Gasteiger partial charge >= 0.3 is 0 Å². The molecule has 1 aromatic carbocycles. The highest BCUT2D eigenvalue weighted by Crippen LogP contribution is 2.25. The van der Waals surface area contributed by atoms with Gasteiger partial charge in [0.05, 0.1) is 21.3 Å². The van der Waals surface area contributed by atoms with Crippen molar-refractivity contribution in [2.75, 3.05) is 11.6 Å². The number of carbonyl (C=O) groups excluding carboxylic acids is 1. The number of aromatic nitrogens is 2. The number of anilines is 1. The Morgan fingerprint density at radius 1 is 1.20 bits per heavy atom. The second-order valence-corrected chi connectivity index (χ2v) is 5.63. The zero-order valence-corrected chi connectivity index (χ0v) is 13.2. The van der Waals surface area contributed by atoms with E-state index >= 15 is 0 Å². The third-order valence-corrected chi connectivity index (χ3v) is 3.87. The van der Waals surface area contributed by atoms with Gasteiger partial charge in [-0.2, -0.15) is 0 Å². The van der Waals surface area contributed by atoms with Gasteiger partial charge in [0.2, 0.25) is 0 Å². The van der Waals surface area contributed by atoms with Crippen molar-refractivity contribution in [1.82, 2.24) is 9.97 Å². The summed E-state index contributed by atoms with van der Waals surface area (Å²) in [4.78, 5) is 20.2. The summed E-state index contributed by atoms with van der Waals surface area (Å²) >= 11 is 18.9. The van der Waals surface area contributed by atoms with E-state index in [9.17, 15) is 4.79 Å². The lowest BCUT2D eigenvalue weighted by molar-refractivity contribution is 0.102. The Morgan fingerprint density at radius 2 is 1.95 bits per heavy atom. The highest BCUT2D eigenvalue weighted by Gasteiger charge is 2.14. The van der Waals surface area contributed by atoms with Crippen molar-refractivity contribution in [3.63, 3.8) is 0 Å². The van der Waals surface area contributed by atoms with Crippen LogP contribution in [0.1, 0.15) is 10.5 Å². The van der Waals surface area contributed by atoms with E-state index in [1.807, 2.05) is 6.26 Å². The molecule has 1 heterocycles. The van der Waals surface area contributed by atoms with Crippen molar-refractivity contribution in [1.29, 1.82) is 0 Å². The van der Waals surface area contributed by atoms with Crippen molar-refractivity contribution in [2.45, 2.75) is 5.16 Å². The molecule has 1 N–H and O–H groups in total. The lowest BCUT2D eigenvalue weighted by Crippen LogP contribution is -2.15. The van der Waals surface area contributed by atoms with Gasteiger partial charge in [0, 0.05) is 5.69 Å². The molecule has 0 unspecified atom stereocenters. The lowest BCUT2D eigenvalue weighted by atomic mass is 10.3. The first kappa shape index (κ1) is 15.4. The van der Waals surface area contributed by atoms with Crippen LogP contribution in [0.25, 0.3) is 0 Å². The van der Waals surface area contributed by atoms with Crippen LogP contribution in [-0.2, 0) is 0 Å². The molecular weight excluding hydrogens is 341 g/mol. The highest BCUT2D eigenvalue weighted by molar-refractivity contribution is 7.98. The molecule has 0 fully saturated rings. The molecule has 0 saturated carbocycles.